The minimum Gasteiger partial charge on any atom is -0.480 e. The molecule has 0 radical (unpaired) electrons. The smallest absolute Gasteiger partial charge is 0.326 e. The number of rotatable bonds is 13. The lowest BCUT2D eigenvalue weighted by molar-refractivity contribution is -0.142. The quantitative estimate of drug-likeness (QED) is 0.189. The van der Waals surface area contributed by atoms with Gasteiger partial charge in [-0.3, -0.25) is 14.4 Å². The Balaban J connectivity index is 2.84. The third-order valence-corrected chi connectivity index (χ3v) is 5.58. The largest absolute Gasteiger partial charge is 0.480 e. The first kappa shape index (κ1) is 27.4. The number of aliphatic carboxylic acids is 1. The molecule has 0 fully saturated rings. The Hall–Kier alpha value is -2.60. The molecule has 0 aliphatic carbocycles. The monoisotopic (exact) mass is 470 g/mol. The Morgan fingerprint density at radius 1 is 1.09 bits per heavy atom. The van der Waals surface area contributed by atoms with Crippen LogP contribution in [0, 0.1) is 11.8 Å². The lowest BCUT2D eigenvalue weighted by Gasteiger charge is -2.27. The van der Waals surface area contributed by atoms with E-state index in [4.69, 9.17) is 5.73 Å². The van der Waals surface area contributed by atoms with Crippen molar-refractivity contribution in [3.05, 3.63) is 18.2 Å². The molecule has 1 aromatic heterocycles. The third kappa shape index (κ3) is 8.15. The second kappa shape index (κ2) is 13.1. The second-order valence-corrected chi connectivity index (χ2v) is 8.43. The van der Waals surface area contributed by atoms with Crippen LogP contribution in [0.2, 0.25) is 0 Å². The van der Waals surface area contributed by atoms with Gasteiger partial charge in [-0.05, 0) is 11.8 Å². The predicted octanol–water partition coefficient (Wildman–Crippen LogP) is -0.550. The molecular weight excluding hydrogens is 436 g/mol. The van der Waals surface area contributed by atoms with Gasteiger partial charge in [-0.2, -0.15) is 12.6 Å². The molecule has 0 saturated carbocycles. The number of aromatic nitrogens is 2. The maximum Gasteiger partial charge on any atom is 0.326 e. The van der Waals surface area contributed by atoms with Gasteiger partial charge in [0.1, 0.15) is 18.1 Å². The number of carboxylic acid groups (broad SMARTS) is 1. The summed E-state index contributed by atoms with van der Waals surface area (Å²) in [5, 5.41) is 17.1. The van der Waals surface area contributed by atoms with Gasteiger partial charge in [0.25, 0.3) is 0 Å². The van der Waals surface area contributed by atoms with Crippen molar-refractivity contribution in [2.24, 2.45) is 17.6 Å². The van der Waals surface area contributed by atoms with E-state index in [1.807, 2.05) is 13.8 Å². The fourth-order valence-corrected chi connectivity index (χ4v) is 3.10. The van der Waals surface area contributed by atoms with E-state index in [1.54, 1.807) is 13.8 Å². The number of H-pyrrole nitrogens is 1. The van der Waals surface area contributed by atoms with Crippen LogP contribution in [0.4, 0.5) is 0 Å². The molecule has 11 nitrogen and oxygen atoms in total. The Labute approximate surface area is 193 Å². The summed E-state index contributed by atoms with van der Waals surface area (Å²) in [5.41, 5.74) is 6.46. The predicted molar refractivity (Wildman–Crippen MR) is 122 cm³/mol. The number of nitrogens with two attached hydrogens (primary N) is 1. The molecule has 0 bridgehead atoms. The highest BCUT2D eigenvalue weighted by molar-refractivity contribution is 7.80. The van der Waals surface area contributed by atoms with Gasteiger partial charge in [-0.15, -0.1) is 0 Å². The first-order valence-electron chi connectivity index (χ1n) is 10.5. The van der Waals surface area contributed by atoms with Gasteiger partial charge in [0.2, 0.25) is 17.7 Å². The average Bonchev–Trinajstić information content (AvgIpc) is 3.26. The van der Waals surface area contributed by atoms with Gasteiger partial charge in [-0.1, -0.05) is 34.1 Å². The zero-order valence-electron chi connectivity index (χ0n) is 18.8. The number of carbonyl (C=O) groups is 4. The van der Waals surface area contributed by atoms with Crippen LogP contribution in [0.25, 0.3) is 0 Å². The number of nitrogens with one attached hydrogen (secondary N) is 4. The van der Waals surface area contributed by atoms with Crippen LogP contribution in [0.3, 0.4) is 0 Å². The van der Waals surface area contributed by atoms with Crippen molar-refractivity contribution in [2.45, 2.75) is 64.7 Å². The highest BCUT2D eigenvalue weighted by atomic mass is 32.1. The number of carboxylic acids is 1. The van der Waals surface area contributed by atoms with Gasteiger partial charge in [0.15, 0.2) is 0 Å². The molecule has 1 aromatic rings. The van der Waals surface area contributed by atoms with Crippen LogP contribution in [-0.4, -0.2) is 68.7 Å². The van der Waals surface area contributed by atoms with E-state index in [1.165, 1.54) is 12.5 Å². The topological polar surface area (TPSA) is 179 Å². The van der Waals surface area contributed by atoms with Crippen LogP contribution in [0.15, 0.2) is 12.5 Å². The van der Waals surface area contributed by atoms with E-state index >= 15 is 0 Å². The molecule has 0 aliphatic rings. The second-order valence-electron chi connectivity index (χ2n) is 8.07. The number of carbonyl (C=O) groups excluding carboxylic acids is 3. The molecule has 12 heteroatoms. The Kier molecular flexibility index (Phi) is 11.2. The van der Waals surface area contributed by atoms with Gasteiger partial charge in [0.05, 0.1) is 12.4 Å². The summed E-state index contributed by atoms with van der Waals surface area (Å²) in [4.78, 5) is 56.1. The average molecular weight is 471 g/mol. The fourth-order valence-electron chi connectivity index (χ4n) is 2.84. The number of amides is 3. The minimum absolute atomic E-state index is 0.00264. The zero-order chi connectivity index (χ0) is 24.4. The van der Waals surface area contributed by atoms with Crippen molar-refractivity contribution in [1.29, 1.82) is 0 Å². The number of nitrogens with zero attached hydrogens (tertiary/aromatic N) is 1. The molecule has 7 N–H and O–H groups in total. The van der Waals surface area contributed by atoms with Crippen LogP contribution >= 0.6 is 12.6 Å². The number of aromatic amines is 1. The van der Waals surface area contributed by atoms with Crippen LogP contribution in [0.1, 0.15) is 39.8 Å². The maximum atomic E-state index is 12.8. The number of hydrogen-bond donors (Lipinski definition) is 7. The van der Waals surface area contributed by atoms with Gasteiger partial charge >= 0.3 is 5.97 Å². The standard InChI is InChI=1S/C20H34N6O5S/c1-5-11(4)15(21)18(28)25-14(8-32)17(27)26-16(10(2)3)19(29)24-13(20(30)31)6-12-7-22-9-23-12/h7,9-11,13-16,32H,5-6,8,21H2,1-4H3,(H,22,23)(H,24,29)(H,25,28)(H,26,27)(H,30,31). The van der Waals surface area contributed by atoms with Crippen LogP contribution in [-0.2, 0) is 25.6 Å². The normalized spacial score (nSPS) is 15.8. The maximum absolute atomic E-state index is 12.8. The molecule has 0 aromatic carbocycles. The molecule has 0 saturated heterocycles. The summed E-state index contributed by atoms with van der Waals surface area (Å²) in [6.07, 6.45) is 3.58. The van der Waals surface area contributed by atoms with E-state index < -0.39 is 47.9 Å². The molecule has 1 heterocycles. The Morgan fingerprint density at radius 3 is 2.19 bits per heavy atom. The van der Waals surface area contributed by atoms with E-state index in [2.05, 4.69) is 38.5 Å². The Morgan fingerprint density at radius 2 is 1.72 bits per heavy atom. The molecule has 180 valence electrons. The number of hydrogen-bond acceptors (Lipinski definition) is 7. The molecular formula is C20H34N6O5S. The van der Waals surface area contributed by atoms with Crippen molar-refractivity contribution in [2.75, 3.05) is 5.75 Å². The molecule has 5 atom stereocenters. The van der Waals surface area contributed by atoms with E-state index in [0.717, 1.165) is 0 Å². The SMILES string of the molecule is CCC(C)C(N)C(=O)NC(CS)C(=O)NC(C(=O)NC(Cc1cnc[nH]1)C(=O)O)C(C)C. The number of thiol groups is 1. The number of imidazole rings is 1. The van der Waals surface area contributed by atoms with Gasteiger partial charge in [0, 0.05) is 24.1 Å². The summed E-state index contributed by atoms with van der Waals surface area (Å²) in [5.74, 6) is -3.39. The highest BCUT2D eigenvalue weighted by Crippen LogP contribution is 2.08. The first-order valence-corrected chi connectivity index (χ1v) is 11.1. The zero-order valence-corrected chi connectivity index (χ0v) is 19.7. The first-order chi connectivity index (χ1) is 15.0. The lowest BCUT2D eigenvalue weighted by atomic mass is 9.99. The summed E-state index contributed by atoms with van der Waals surface area (Å²) in [6.45, 7) is 7.16. The molecule has 0 aliphatic heterocycles. The molecule has 0 spiro atoms. The van der Waals surface area contributed by atoms with Crippen molar-refractivity contribution in [1.82, 2.24) is 25.9 Å². The summed E-state index contributed by atoms with van der Waals surface area (Å²) >= 11 is 4.13. The fraction of sp³-hybridized carbons (Fsp3) is 0.650. The van der Waals surface area contributed by atoms with E-state index in [-0.39, 0.29) is 24.0 Å². The van der Waals surface area contributed by atoms with Crippen LogP contribution < -0.4 is 21.7 Å². The third-order valence-electron chi connectivity index (χ3n) is 5.22. The van der Waals surface area contributed by atoms with E-state index in [9.17, 15) is 24.3 Å². The molecule has 1 rings (SSSR count). The van der Waals surface area contributed by atoms with Crippen LogP contribution in [0.5, 0.6) is 0 Å². The van der Waals surface area contributed by atoms with Gasteiger partial charge < -0.3 is 31.8 Å². The van der Waals surface area contributed by atoms with Crippen molar-refractivity contribution in [3.8, 4) is 0 Å². The van der Waals surface area contributed by atoms with E-state index in [0.29, 0.717) is 12.1 Å². The lowest BCUT2D eigenvalue weighted by Crippen LogP contribution is -2.59. The summed E-state index contributed by atoms with van der Waals surface area (Å²) < 4.78 is 0. The summed E-state index contributed by atoms with van der Waals surface area (Å²) in [6, 6.07) is -4.02. The van der Waals surface area contributed by atoms with Crippen molar-refractivity contribution >= 4 is 36.3 Å². The van der Waals surface area contributed by atoms with Crippen molar-refractivity contribution < 1.29 is 24.3 Å². The summed E-state index contributed by atoms with van der Waals surface area (Å²) in [7, 11) is 0. The molecule has 32 heavy (non-hydrogen) atoms. The minimum atomic E-state index is -1.22. The molecule has 3 amide bonds. The Bertz CT molecular complexity index is 773. The van der Waals surface area contributed by atoms with Gasteiger partial charge in [-0.25, -0.2) is 9.78 Å². The highest BCUT2D eigenvalue weighted by Gasteiger charge is 2.32. The van der Waals surface area contributed by atoms with Crippen molar-refractivity contribution in [3.63, 3.8) is 0 Å². The molecule has 5 unspecified atom stereocenters.